The van der Waals surface area contributed by atoms with Crippen LogP contribution >= 0.6 is 12.6 Å². The summed E-state index contributed by atoms with van der Waals surface area (Å²) in [6.07, 6.45) is 0. The van der Waals surface area contributed by atoms with Crippen LogP contribution in [-0.4, -0.2) is 27.2 Å². The van der Waals surface area contributed by atoms with Crippen LogP contribution in [0.15, 0.2) is 0 Å². The molecule has 0 aliphatic carbocycles. The van der Waals surface area contributed by atoms with Gasteiger partial charge in [-0.15, -0.1) is 0 Å². The molecule has 0 aromatic rings. The standard InChI is InChI=1S/C6H14O2SSi/c1-6-3-7-10(2,5-9)8-4-6/h6,9H,3-5H2,1-2H3. The Balaban J connectivity index is 2.38. The molecule has 1 fully saturated rings. The molecule has 0 spiro atoms. The van der Waals surface area contributed by atoms with Crippen molar-refractivity contribution >= 4 is 21.2 Å². The fourth-order valence-electron chi connectivity index (χ4n) is 0.818. The van der Waals surface area contributed by atoms with Crippen molar-refractivity contribution in [1.29, 1.82) is 0 Å². The summed E-state index contributed by atoms with van der Waals surface area (Å²) in [6.45, 7) is 5.89. The summed E-state index contributed by atoms with van der Waals surface area (Å²) in [6, 6.07) is 0. The van der Waals surface area contributed by atoms with E-state index in [4.69, 9.17) is 8.85 Å². The molecule has 1 aliphatic heterocycles. The second-order valence-corrected chi connectivity index (χ2v) is 7.13. The Morgan fingerprint density at radius 1 is 1.50 bits per heavy atom. The van der Waals surface area contributed by atoms with E-state index in [1.54, 1.807) is 0 Å². The molecule has 0 aromatic heterocycles. The first kappa shape index (κ1) is 8.58. The molecule has 1 aliphatic rings. The summed E-state index contributed by atoms with van der Waals surface area (Å²) in [7, 11) is -1.79. The van der Waals surface area contributed by atoms with Crippen molar-refractivity contribution in [2.24, 2.45) is 5.92 Å². The van der Waals surface area contributed by atoms with Crippen LogP contribution in [0.1, 0.15) is 6.92 Å². The predicted octanol–water partition coefficient (Wildman–Crippen LogP) is 1.21. The Morgan fingerprint density at radius 2 is 2.00 bits per heavy atom. The largest absolute Gasteiger partial charge is 0.394 e. The molecule has 0 N–H and O–H groups in total. The number of hydrogen-bond acceptors (Lipinski definition) is 3. The van der Waals surface area contributed by atoms with Gasteiger partial charge in [-0.3, -0.25) is 0 Å². The summed E-state index contributed by atoms with van der Waals surface area (Å²) in [4.78, 5) is 0. The maximum absolute atomic E-state index is 5.57. The van der Waals surface area contributed by atoms with Crippen molar-refractivity contribution in [2.45, 2.75) is 13.5 Å². The van der Waals surface area contributed by atoms with Crippen LogP contribution < -0.4 is 0 Å². The first-order chi connectivity index (χ1) is 4.66. The van der Waals surface area contributed by atoms with Gasteiger partial charge in [0.25, 0.3) is 0 Å². The van der Waals surface area contributed by atoms with E-state index in [1.807, 2.05) is 0 Å². The van der Waals surface area contributed by atoms with Gasteiger partial charge in [-0.05, 0) is 6.55 Å². The SMILES string of the molecule is CC1CO[Si](C)(CS)OC1. The topological polar surface area (TPSA) is 18.5 Å². The molecule has 10 heavy (non-hydrogen) atoms. The van der Waals surface area contributed by atoms with Crippen molar-refractivity contribution < 1.29 is 8.85 Å². The third kappa shape index (κ3) is 1.98. The van der Waals surface area contributed by atoms with Crippen LogP contribution in [0, 0.1) is 5.92 Å². The van der Waals surface area contributed by atoms with Crippen LogP contribution in [0.25, 0.3) is 0 Å². The Bertz CT molecular complexity index is 112. The predicted molar refractivity (Wildman–Crippen MR) is 46.5 cm³/mol. The molecule has 2 nitrogen and oxygen atoms in total. The fourth-order valence-corrected chi connectivity index (χ4v) is 2.91. The quantitative estimate of drug-likeness (QED) is 0.480. The van der Waals surface area contributed by atoms with Gasteiger partial charge in [0.15, 0.2) is 0 Å². The summed E-state index contributed by atoms with van der Waals surface area (Å²) >= 11 is 4.19. The maximum Gasteiger partial charge on any atom is 0.344 e. The fraction of sp³-hybridized carbons (Fsp3) is 1.00. The minimum Gasteiger partial charge on any atom is -0.394 e. The lowest BCUT2D eigenvalue weighted by Gasteiger charge is -2.33. The van der Waals surface area contributed by atoms with E-state index in [-0.39, 0.29) is 0 Å². The third-order valence-corrected chi connectivity index (χ3v) is 5.49. The summed E-state index contributed by atoms with van der Waals surface area (Å²) in [5.74, 6) is 0.556. The normalized spacial score (nSPS) is 41.7. The first-order valence-corrected chi connectivity index (χ1v) is 6.71. The highest BCUT2D eigenvalue weighted by Gasteiger charge is 2.34. The zero-order valence-corrected chi connectivity index (χ0v) is 8.36. The van der Waals surface area contributed by atoms with Crippen LogP contribution in [0.2, 0.25) is 6.55 Å². The minimum absolute atomic E-state index is 0.556. The van der Waals surface area contributed by atoms with Gasteiger partial charge in [0, 0.05) is 24.5 Å². The zero-order chi connectivity index (χ0) is 7.61. The van der Waals surface area contributed by atoms with Crippen molar-refractivity contribution in [2.75, 3.05) is 18.6 Å². The molecule has 0 unspecified atom stereocenters. The lowest BCUT2D eigenvalue weighted by atomic mass is 10.2. The van der Waals surface area contributed by atoms with Gasteiger partial charge < -0.3 is 8.85 Å². The number of hydrogen-bond donors (Lipinski definition) is 1. The molecule has 0 amide bonds. The molecule has 0 aromatic carbocycles. The van der Waals surface area contributed by atoms with Gasteiger partial charge >= 0.3 is 8.56 Å². The number of thiol groups is 1. The van der Waals surface area contributed by atoms with E-state index in [0.29, 0.717) is 5.92 Å². The van der Waals surface area contributed by atoms with Crippen molar-refractivity contribution in [3.8, 4) is 0 Å². The van der Waals surface area contributed by atoms with Crippen molar-refractivity contribution in [3.63, 3.8) is 0 Å². The molecule has 60 valence electrons. The molecule has 0 radical (unpaired) electrons. The van der Waals surface area contributed by atoms with E-state index < -0.39 is 8.56 Å². The molecule has 1 saturated heterocycles. The molecule has 4 heteroatoms. The Labute approximate surface area is 68.6 Å². The minimum atomic E-state index is -1.79. The van der Waals surface area contributed by atoms with Crippen molar-refractivity contribution in [3.05, 3.63) is 0 Å². The monoisotopic (exact) mass is 178 g/mol. The van der Waals surface area contributed by atoms with Crippen LogP contribution in [0.5, 0.6) is 0 Å². The van der Waals surface area contributed by atoms with E-state index >= 15 is 0 Å². The summed E-state index contributed by atoms with van der Waals surface area (Å²) in [5.41, 5.74) is 0. The van der Waals surface area contributed by atoms with E-state index in [1.165, 1.54) is 0 Å². The van der Waals surface area contributed by atoms with Crippen molar-refractivity contribution in [1.82, 2.24) is 0 Å². The molecular weight excluding hydrogens is 164 g/mol. The average Bonchev–Trinajstić information content (AvgIpc) is 1.96. The Hall–Kier alpha value is 0.487. The van der Waals surface area contributed by atoms with Crippen LogP contribution in [-0.2, 0) is 8.85 Å². The van der Waals surface area contributed by atoms with Gasteiger partial charge in [-0.25, -0.2) is 0 Å². The van der Waals surface area contributed by atoms with Crippen LogP contribution in [0.3, 0.4) is 0 Å². The highest BCUT2D eigenvalue weighted by atomic mass is 32.1. The number of rotatable bonds is 1. The van der Waals surface area contributed by atoms with Gasteiger partial charge in [0.05, 0.1) is 0 Å². The van der Waals surface area contributed by atoms with Gasteiger partial charge in [0.2, 0.25) is 0 Å². The molecule has 0 saturated carbocycles. The summed E-state index contributed by atoms with van der Waals surface area (Å²) < 4.78 is 11.1. The second-order valence-electron chi connectivity index (χ2n) is 3.02. The maximum atomic E-state index is 5.57. The van der Waals surface area contributed by atoms with E-state index in [2.05, 4.69) is 26.1 Å². The van der Waals surface area contributed by atoms with Crippen LogP contribution in [0.4, 0.5) is 0 Å². The van der Waals surface area contributed by atoms with E-state index in [0.717, 1.165) is 18.6 Å². The highest BCUT2D eigenvalue weighted by Crippen LogP contribution is 2.17. The zero-order valence-electron chi connectivity index (χ0n) is 6.46. The lowest BCUT2D eigenvalue weighted by Crippen LogP contribution is -2.48. The van der Waals surface area contributed by atoms with Gasteiger partial charge in [-0.2, -0.15) is 12.6 Å². The van der Waals surface area contributed by atoms with Gasteiger partial charge in [-0.1, -0.05) is 6.92 Å². The second kappa shape index (κ2) is 3.26. The van der Waals surface area contributed by atoms with E-state index in [9.17, 15) is 0 Å². The third-order valence-electron chi connectivity index (χ3n) is 1.63. The molecule has 1 heterocycles. The Morgan fingerprint density at radius 3 is 2.40 bits per heavy atom. The highest BCUT2D eigenvalue weighted by molar-refractivity contribution is 7.82. The Kier molecular flexibility index (Phi) is 2.79. The molecule has 0 atom stereocenters. The molecule has 1 rings (SSSR count). The molecule has 0 bridgehead atoms. The average molecular weight is 178 g/mol. The lowest BCUT2D eigenvalue weighted by molar-refractivity contribution is 0.0739. The molecular formula is C6H14O2SSi. The smallest absolute Gasteiger partial charge is 0.344 e. The first-order valence-electron chi connectivity index (χ1n) is 3.55. The van der Waals surface area contributed by atoms with Gasteiger partial charge in [0.1, 0.15) is 0 Å². The summed E-state index contributed by atoms with van der Waals surface area (Å²) in [5, 5.41) is 0.764.